The minimum atomic E-state index is -5.32. The fourth-order valence-electron chi connectivity index (χ4n) is 2.66. The smallest absolute Gasteiger partial charge is 0.435 e. The SMILES string of the molecule is CC(=O)[C@@H]1[C@H](c2ccc(OC(F)F)cc2)NC(=O)N[C@]1(O)C(F)(F)F. The molecule has 1 saturated heterocycles. The molecule has 0 unspecified atom stereocenters. The zero-order valence-corrected chi connectivity index (χ0v) is 12.6. The lowest BCUT2D eigenvalue weighted by molar-refractivity contribution is -0.290. The first kappa shape index (κ1) is 18.9. The average Bonchev–Trinajstić information content (AvgIpc) is 2.44. The lowest BCUT2D eigenvalue weighted by Gasteiger charge is -2.44. The van der Waals surface area contributed by atoms with Crippen molar-refractivity contribution in [1.29, 1.82) is 0 Å². The Hall–Kier alpha value is -2.43. The van der Waals surface area contributed by atoms with Gasteiger partial charge in [0.25, 0.3) is 0 Å². The second-order valence-electron chi connectivity index (χ2n) is 5.38. The molecule has 0 bridgehead atoms. The van der Waals surface area contributed by atoms with Crippen molar-refractivity contribution in [3.8, 4) is 5.75 Å². The Balaban J connectivity index is 2.43. The van der Waals surface area contributed by atoms with E-state index in [0.717, 1.165) is 31.2 Å². The van der Waals surface area contributed by atoms with E-state index in [1.807, 2.05) is 0 Å². The molecule has 6 nitrogen and oxygen atoms in total. The van der Waals surface area contributed by atoms with Crippen molar-refractivity contribution >= 4 is 11.8 Å². The first-order chi connectivity index (χ1) is 11.5. The maximum Gasteiger partial charge on any atom is 0.437 e. The molecule has 0 aliphatic carbocycles. The molecule has 1 aromatic rings. The molecule has 0 aromatic heterocycles. The van der Waals surface area contributed by atoms with E-state index >= 15 is 0 Å². The van der Waals surface area contributed by atoms with Crippen LogP contribution in [-0.4, -0.2) is 35.4 Å². The van der Waals surface area contributed by atoms with Crippen LogP contribution in [-0.2, 0) is 4.79 Å². The van der Waals surface area contributed by atoms with E-state index in [-0.39, 0.29) is 11.3 Å². The summed E-state index contributed by atoms with van der Waals surface area (Å²) >= 11 is 0. The predicted molar refractivity (Wildman–Crippen MR) is 72.7 cm³/mol. The minimum absolute atomic E-state index is 0.000610. The number of hydrogen-bond donors (Lipinski definition) is 3. The van der Waals surface area contributed by atoms with Gasteiger partial charge in [0, 0.05) is 0 Å². The van der Waals surface area contributed by atoms with Crippen LogP contribution in [0.2, 0.25) is 0 Å². The van der Waals surface area contributed by atoms with Gasteiger partial charge in [-0.3, -0.25) is 4.79 Å². The number of halogens is 5. The van der Waals surface area contributed by atoms with Crippen LogP contribution >= 0.6 is 0 Å². The number of hydrogen-bond acceptors (Lipinski definition) is 4. The number of urea groups is 1. The summed E-state index contributed by atoms with van der Waals surface area (Å²) in [5.74, 6) is -3.39. The maximum atomic E-state index is 13.3. The Morgan fingerprint density at radius 1 is 1.28 bits per heavy atom. The number of amides is 2. The molecule has 1 heterocycles. The highest BCUT2D eigenvalue weighted by atomic mass is 19.4. The van der Waals surface area contributed by atoms with E-state index in [1.54, 1.807) is 0 Å². The van der Waals surface area contributed by atoms with Gasteiger partial charge in [-0.25, -0.2) is 4.79 Å². The van der Waals surface area contributed by atoms with Gasteiger partial charge in [0.05, 0.1) is 12.0 Å². The second-order valence-corrected chi connectivity index (χ2v) is 5.38. The molecule has 1 aliphatic rings. The number of alkyl halides is 5. The van der Waals surface area contributed by atoms with E-state index < -0.39 is 42.3 Å². The first-order valence-corrected chi connectivity index (χ1v) is 6.88. The summed E-state index contributed by atoms with van der Waals surface area (Å²) in [7, 11) is 0. The van der Waals surface area contributed by atoms with E-state index in [4.69, 9.17) is 0 Å². The van der Waals surface area contributed by atoms with Crippen LogP contribution in [0, 0.1) is 5.92 Å². The summed E-state index contributed by atoms with van der Waals surface area (Å²) < 4.78 is 68.2. The number of ketones is 1. The molecule has 0 saturated carbocycles. The largest absolute Gasteiger partial charge is 0.437 e. The second kappa shape index (κ2) is 6.47. The normalized spacial score (nSPS) is 26.8. The molecule has 138 valence electrons. The highest BCUT2D eigenvalue weighted by Gasteiger charge is 2.65. The molecule has 3 atom stereocenters. The van der Waals surface area contributed by atoms with Crippen LogP contribution in [0.15, 0.2) is 24.3 Å². The molecule has 11 heteroatoms. The summed E-state index contributed by atoms with van der Waals surface area (Å²) in [6, 6.07) is 1.44. The monoisotopic (exact) mass is 368 g/mol. The van der Waals surface area contributed by atoms with Crippen LogP contribution in [0.5, 0.6) is 5.75 Å². The van der Waals surface area contributed by atoms with Gasteiger partial charge in [-0.15, -0.1) is 0 Å². The van der Waals surface area contributed by atoms with Crippen LogP contribution in [0.3, 0.4) is 0 Å². The molecule has 1 fully saturated rings. The predicted octanol–water partition coefficient (Wildman–Crippen LogP) is 2.10. The third-order valence-electron chi connectivity index (χ3n) is 3.71. The summed E-state index contributed by atoms with van der Waals surface area (Å²) in [4.78, 5) is 23.4. The number of ether oxygens (including phenoxy) is 1. The van der Waals surface area contributed by atoms with Crippen molar-refractivity contribution in [2.45, 2.75) is 31.5 Å². The Labute approximate surface area is 138 Å². The van der Waals surface area contributed by atoms with Crippen LogP contribution < -0.4 is 15.4 Å². The Morgan fingerprint density at radius 3 is 2.28 bits per heavy atom. The molecular formula is C14H13F5N2O4. The third-order valence-corrected chi connectivity index (χ3v) is 3.71. The Kier molecular flexibility index (Phi) is 4.89. The number of aliphatic hydroxyl groups is 1. The van der Waals surface area contributed by atoms with E-state index in [0.29, 0.717) is 0 Å². The van der Waals surface area contributed by atoms with Crippen molar-refractivity contribution < 1.29 is 41.4 Å². The van der Waals surface area contributed by atoms with Gasteiger partial charge in [0.1, 0.15) is 11.5 Å². The molecule has 1 aromatic carbocycles. The Morgan fingerprint density at radius 2 is 1.84 bits per heavy atom. The fourth-order valence-corrected chi connectivity index (χ4v) is 2.66. The molecular weight excluding hydrogens is 355 g/mol. The van der Waals surface area contributed by atoms with Crippen molar-refractivity contribution in [1.82, 2.24) is 10.6 Å². The van der Waals surface area contributed by atoms with Crippen molar-refractivity contribution in [2.24, 2.45) is 5.92 Å². The molecule has 0 spiro atoms. The quantitative estimate of drug-likeness (QED) is 0.711. The molecule has 2 rings (SSSR count). The molecule has 25 heavy (non-hydrogen) atoms. The zero-order chi connectivity index (χ0) is 19.0. The van der Waals surface area contributed by atoms with E-state index in [1.165, 1.54) is 5.32 Å². The highest BCUT2D eigenvalue weighted by Crippen LogP contribution is 2.42. The van der Waals surface area contributed by atoms with Gasteiger partial charge >= 0.3 is 18.8 Å². The maximum absolute atomic E-state index is 13.3. The summed E-state index contributed by atoms with van der Waals surface area (Å²) in [6.45, 7) is -2.26. The van der Waals surface area contributed by atoms with Crippen molar-refractivity contribution in [3.05, 3.63) is 29.8 Å². The van der Waals surface area contributed by atoms with Crippen molar-refractivity contribution in [3.63, 3.8) is 0 Å². The van der Waals surface area contributed by atoms with Crippen LogP contribution in [0.1, 0.15) is 18.5 Å². The van der Waals surface area contributed by atoms with Crippen molar-refractivity contribution in [2.75, 3.05) is 0 Å². The van der Waals surface area contributed by atoms with Gasteiger partial charge in [-0.1, -0.05) is 12.1 Å². The van der Waals surface area contributed by atoms with Gasteiger partial charge in [-0.05, 0) is 24.6 Å². The topological polar surface area (TPSA) is 87.7 Å². The number of carbonyl (C=O) groups is 2. The van der Waals surface area contributed by atoms with Gasteiger partial charge in [0.15, 0.2) is 0 Å². The van der Waals surface area contributed by atoms with Gasteiger partial charge in [0.2, 0.25) is 5.72 Å². The summed E-state index contributed by atoms with van der Waals surface area (Å²) in [5.41, 5.74) is -3.77. The van der Waals surface area contributed by atoms with Crippen LogP contribution in [0.25, 0.3) is 0 Å². The number of rotatable bonds is 4. The first-order valence-electron chi connectivity index (χ1n) is 6.88. The number of benzene rings is 1. The zero-order valence-electron chi connectivity index (χ0n) is 12.6. The average molecular weight is 368 g/mol. The lowest BCUT2D eigenvalue weighted by Crippen LogP contribution is -2.72. The van der Waals surface area contributed by atoms with Gasteiger partial charge in [-0.2, -0.15) is 22.0 Å². The number of Topliss-reactive ketones (excluding diaryl/α,β-unsaturated/α-hetero) is 1. The van der Waals surface area contributed by atoms with E-state index in [9.17, 15) is 36.6 Å². The summed E-state index contributed by atoms with van der Waals surface area (Å²) in [6.07, 6.45) is -5.32. The lowest BCUT2D eigenvalue weighted by atomic mass is 9.79. The Bertz CT molecular complexity index is 664. The number of nitrogens with one attached hydrogen (secondary N) is 2. The standard InChI is InChI=1S/C14H13F5N2O4/c1-6(22)9-10(7-2-4-8(5-3-7)25-11(15)16)20-12(23)21-13(9,24)14(17,18)19/h2-5,9-11,24H,1H3,(H2,20,21,23)/t9-,10+,13-/m1/s1. The van der Waals surface area contributed by atoms with Gasteiger partial charge < -0.3 is 20.5 Å². The third kappa shape index (κ3) is 3.65. The summed E-state index contributed by atoms with van der Waals surface area (Å²) in [5, 5.41) is 13.4. The number of carbonyl (C=O) groups excluding carboxylic acids is 2. The van der Waals surface area contributed by atoms with Crippen LogP contribution in [0.4, 0.5) is 26.7 Å². The highest BCUT2D eigenvalue weighted by molar-refractivity contribution is 5.86. The molecule has 3 N–H and O–H groups in total. The van der Waals surface area contributed by atoms with E-state index in [2.05, 4.69) is 10.1 Å². The minimum Gasteiger partial charge on any atom is -0.435 e. The molecule has 1 aliphatic heterocycles. The molecule has 0 radical (unpaired) electrons. The molecule has 2 amide bonds. The fraction of sp³-hybridized carbons (Fsp3) is 0.429.